The maximum absolute atomic E-state index is 11.7. The van der Waals surface area contributed by atoms with E-state index >= 15 is 0 Å². The molecule has 0 aliphatic rings. The average Bonchev–Trinajstić information content (AvgIpc) is 2.23. The fourth-order valence-corrected chi connectivity index (χ4v) is 1.72. The van der Waals surface area contributed by atoms with Crippen LogP contribution in [0.1, 0.15) is 25.0 Å². The van der Waals surface area contributed by atoms with Crippen LogP contribution in [0.5, 0.6) is 0 Å². The van der Waals surface area contributed by atoms with E-state index < -0.39 is 11.9 Å². The van der Waals surface area contributed by atoms with Crippen LogP contribution in [-0.4, -0.2) is 23.0 Å². The van der Waals surface area contributed by atoms with E-state index in [-0.39, 0.29) is 6.04 Å². The Labute approximate surface area is 101 Å². The van der Waals surface area contributed by atoms with E-state index in [2.05, 4.69) is 0 Å². The summed E-state index contributed by atoms with van der Waals surface area (Å²) < 4.78 is 0. The first kappa shape index (κ1) is 13.2. The molecule has 0 saturated heterocycles. The first-order valence-electron chi connectivity index (χ1n) is 5.49. The molecule has 17 heavy (non-hydrogen) atoms. The van der Waals surface area contributed by atoms with Gasteiger partial charge in [0.15, 0.2) is 0 Å². The number of hydrogen-bond donors (Lipinski definition) is 1. The van der Waals surface area contributed by atoms with Crippen molar-refractivity contribution in [1.29, 1.82) is 0 Å². The van der Waals surface area contributed by atoms with Gasteiger partial charge >= 0.3 is 11.9 Å². The number of amides is 1. The van der Waals surface area contributed by atoms with Crippen LogP contribution in [0, 0.1) is 13.8 Å². The van der Waals surface area contributed by atoms with Gasteiger partial charge in [0.1, 0.15) is 0 Å². The Bertz CT molecular complexity index is 452. The van der Waals surface area contributed by atoms with Gasteiger partial charge in [-0.3, -0.25) is 9.69 Å². The Kier molecular flexibility index (Phi) is 3.89. The molecule has 1 amide bonds. The molecule has 0 radical (unpaired) electrons. The van der Waals surface area contributed by atoms with Crippen molar-refractivity contribution in [3.63, 3.8) is 0 Å². The molecule has 1 rings (SSSR count). The highest BCUT2D eigenvalue weighted by atomic mass is 16.4. The molecule has 0 spiro atoms. The zero-order valence-electron chi connectivity index (χ0n) is 10.5. The maximum atomic E-state index is 11.7. The highest BCUT2D eigenvalue weighted by Gasteiger charge is 2.26. The van der Waals surface area contributed by atoms with Gasteiger partial charge in [0.05, 0.1) is 0 Å². The maximum Gasteiger partial charge on any atom is 0.394 e. The molecular formula is C13H17NO3. The molecule has 0 bridgehead atoms. The molecule has 1 aromatic carbocycles. The van der Waals surface area contributed by atoms with Crippen LogP contribution in [0.25, 0.3) is 0 Å². The number of carboxylic acids is 1. The third-order valence-electron chi connectivity index (χ3n) is 2.75. The molecule has 92 valence electrons. The van der Waals surface area contributed by atoms with Crippen LogP contribution >= 0.6 is 0 Å². The normalized spacial score (nSPS) is 10.4. The Morgan fingerprint density at radius 2 is 1.82 bits per heavy atom. The molecule has 0 aliphatic heterocycles. The van der Waals surface area contributed by atoms with Crippen molar-refractivity contribution < 1.29 is 14.7 Å². The zero-order valence-corrected chi connectivity index (χ0v) is 10.5. The van der Waals surface area contributed by atoms with Gasteiger partial charge in [-0.2, -0.15) is 0 Å². The van der Waals surface area contributed by atoms with Gasteiger partial charge in [-0.1, -0.05) is 12.1 Å². The number of aliphatic carboxylic acids is 1. The van der Waals surface area contributed by atoms with E-state index in [1.807, 2.05) is 26.0 Å². The quantitative estimate of drug-likeness (QED) is 0.799. The summed E-state index contributed by atoms with van der Waals surface area (Å²) in [5.74, 6) is -2.33. The molecule has 1 N–H and O–H groups in total. The number of anilines is 1. The van der Waals surface area contributed by atoms with Gasteiger partial charge in [0, 0.05) is 11.7 Å². The van der Waals surface area contributed by atoms with E-state index in [9.17, 15) is 9.59 Å². The van der Waals surface area contributed by atoms with Crippen molar-refractivity contribution in [2.75, 3.05) is 4.90 Å². The first-order chi connectivity index (χ1) is 7.86. The average molecular weight is 235 g/mol. The third-order valence-corrected chi connectivity index (χ3v) is 2.75. The van der Waals surface area contributed by atoms with Crippen LogP contribution in [0.2, 0.25) is 0 Å². The van der Waals surface area contributed by atoms with E-state index in [4.69, 9.17) is 5.11 Å². The summed E-state index contributed by atoms with van der Waals surface area (Å²) in [7, 11) is 0. The zero-order chi connectivity index (χ0) is 13.2. The van der Waals surface area contributed by atoms with Crippen LogP contribution in [0.3, 0.4) is 0 Å². The lowest BCUT2D eigenvalue weighted by atomic mass is 10.1. The molecule has 0 unspecified atom stereocenters. The molecule has 0 fully saturated rings. The smallest absolute Gasteiger partial charge is 0.394 e. The Hall–Kier alpha value is -1.84. The Morgan fingerprint density at radius 1 is 1.24 bits per heavy atom. The molecule has 4 nitrogen and oxygen atoms in total. The van der Waals surface area contributed by atoms with E-state index in [0.29, 0.717) is 5.69 Å². The number of carboxylic acid groups (broad SMARTS) is 1. The molecule has 0 atom stereocenters. The van der Waals surface area contributed by atoms with Crippen molar-refractivity contribution in [3.05, 3.63) is 29.3 Å². The number of carbonyl (C=O) groups excluding carboxylic acids is 1. The van der Waals surface area contributed by atoms with Crippen molar-refractivity contribution in [2.24, 2.45) is 0 Å². The van der Waals surface area contributed by atoms with E-state index in [1.165, 1.54) is 4.90 Å². The lowest BCUT2D eigenvalue weighted by Crippen LogP contribution is -2.41. The molecule has 0 saturated carbocycles. The summed E-state index contributed by atoms with van der Waals surface area (Å²) in [6.07, 6.45) is 0. The predicted octanol–water partition coefficient (Wildman–Crippen LogP) is 2.13. The largest absolute Gasteiger partial charge is 0.474 e. The van der Waals surface area contributed by atoms with Crippen LogP contribution < -0.4 is 4.90 Å². The monoisotopic (exact) mass is 235 g/mol. The second kappa shape index (κ2) is 4.99. The van der Waals surface area contributed by atoms with Gasteiger partial charge in [0.2, 0.25) is 0 Å². The fourth-order valence-electron chi connectivity index (χ4n) is 1.72. The SMILES string of the molecule is Cc1cccc(N(C(=O)C(=O)O)C(C)C)c1C. The lowest BCUT2D eigenvalue weighted by Gasteiger charge is -2.27. The fraction of sp³-hybridized carbons (Fsp3) is 0.385. The number of aryl methyl sites for hydroxylation is 1. The highest BCUT2D eigenvalue weighted by molar-refractivity contribution is 6.37. The molecule has 4 heteroatoms. The van der Waals surface area contributed by atoms with Crippen molar-refractivity contribution >= 4 is 17.6 Å². The third kappa shape index (κ3) is 2.64. The molecule has 0 heterocycles. The number of rotatable bonds is 2. The second-order valence-corrected chi connectivity index (χ2v) is 4.29. The molecule has 1 aromatic rings. The van der Waals surface area contributed by atoms with Crippen molar-refractivity contribution in [2.45, 2.75) is 33.7 Å². The standard InChI is InChI=1S/C13H17NO3/c1-8(2)14(12(15)13(16)17)11-7-5-6-9(3)10(11)4/h5-8H,1-4H3,(H,16,17). The summed E-state index contributed by atoms with van der Waals surface area (Å²) >= 11 is 0. The van der Waals surface area contributed by atoms with Crippen LogP contribution in [-0.2, 0) is 9.59 Å². The first-order valence-corrected chi connectivity index (χ1v) is 5.49. The van der Waals surface area contributed by atoms with Gasteiger partial charge in [-0.25, -0.2) is 4.79 Å². The number of hydrogen-bond acceptors (Lipinski definition) is 2. The molecular weight excluding hydrogens is 218 g/mol. The minimum atomic E-state index is -1.43. The predicted molar refractivity (Wildman–Crippen MR) is 66.2 cm³/mol. The van der Waals surface area contributed by atoms with Gasteiger partial charge in [0.25, 0.3) is 0 Å². The highest BCUT2D eigenvalue weighted by Crippen LogP contribution is 2.24. The Morgan fingerprint density at radius 3 is 2.29 bits per heavy atom. The molecule has 0 aliphatic carbocycles. The van der Waals surface area contributed by atoms with Crippen molar-refractivity contribution in [3.8, 4) is 0 Å². The summed E-state index contributed by atoms with van der Waals surface area (Å²) in [5.41, 5.74) is 2.62. The minimum Gasteiger partial charge on any atom is -0.474 e. The summed E-state index contributed by atoms with van der Waals surface area (Å²) in [6.45, 7) is 7.41. The topological polar surface area (TPSA) is 57.6 Å². The number of nitrogens with zero attached hydrogens (tertiary/aromatic N) is 1. The van der Waals surface area contributed by atoms with Gasteiger partial charge in [-0.05, 0) is 44.9 Å². The molecule has 0 aromatic heterocycles. The number of benzene rings is 1. The van der Waals surface area contributed by atoms with Crippen LogP contribution in [0.15, 0.2) is 18.2 Å². The van der Waals surface area contributed by atoms with E-state index in [1.54, 1.807) is 19.9 Å². The van der Waals surface area contributed by atoms with Gasteiger partial charge < -0.3 is 5.11 Å². The summed E-state index contributed by atoms with van der Waals surface area (Å²) in [5, 5.41) is 8.83. The van der Waals surface area contributed by atoms with E-state index in [0.717, 1.165) is 11.1 Å². The summed E-state index contributed by atoms with van der Waals surface area (Å²) in [6, 6.07) is 5.33. The second-order valence-electron chi connectivity index (χ2n) is 4.29. The van der Waals surface area contributed by atoms with Crippen LogP contribution in [0.4, 0.5) is 5.69 Å². The summed E-state index contributed by atoms with van der Waals surface area (Å²) in [4.78, 5) is 23.8. The minimum absolute atomic E-state index is 0.195. The Balaban J connectivity index is 3.29. The van der Waals surface area contributed by atoms with Crippen molar-refractivity contribution in [1.82, 2.24) is 0 Å². The van der Waals surface area contributed by atoms with Gasteiger partial charge in [-0.15, -0.1) is 0 Å². The lowest BCUT2D eigenvalue weighted by molar-refractivity contribution is -0.149. The number of carbonyl (C=O) groups is 2.